The van der Waals surface area contributed by atoms with Crippen molar-refractivity contribution < 1.29 is 17.6 Å². The van der Waals surface area contributed by atoms with Gasteiger partial charge in [0.25, 0.3) is 0 Å². The van der Waals surface area contributed by atoms with Crippen molar-refractivity contribution in [2.45, 2.75) is 21.3 Å². The molecule has 0 heterocycles. The molecule has 2 aromatic rings. The highest BCUT2D eigenvalue weighted by molar-refractivity contribution is 9.10. The first kappa shape index (κ1) is 18.6. The minimum absolute atomic E-state index is 0. The van der Waals surface area contributed by atoms with E-state index in [1.165, 1.54) is 24.3 Å². The molecule has 2 aromatic carbocycles. The molecule has 0 atom stereocenters. The molecule has 110 valence electrons. The van der Waals surface area contributed by atoms with E-state index in [9.17, 15) is 17.6 Å². The van der Waals surface area contributed by atoms with Crippen molar-refractivity contribution in [3.8, 4) is 0 Å². The second kappa shape index (κ2) is 8.04. The Morgan fingerprint density at radius 2 is 1.05 bits per heavy atom. The first-order chi connectivity index (χ1) is 8.79. The SMILES string of the molecule is C.Cc1cc(F)c(Br)c(F)c1.Cc1cc(F)cc(F)c1. The summed E-state index contributed by atoms with van der Waals surface area (Å²) in [5, 5.41) is 0. The molecule has 5 heteroatoms. The minimum atomic E-state index is -0.558. The summed E-state index contributed by atoms with van der Waals surface area (Å²) in [4.78, 5) is 0. The van der Waals surface area contributed by atoms with Gasteiger partial charge in [0, 0.05) is 6.07 Å². The summed E-state index contributed by atoms with van der Waals surface area (Å²) in [7, 11) is 0. The Hall–Kier alpha value is -1.36. The Balaban J connectivity index is 0.000000345. The molecule has 2 rings (SSSR count). The molecule has 0 saturated heterocycles. The molecule has 0 aromatic heterocycles. The van der Waals surface area contributed by atoms with E-state index in [4.69, 9.17) is 0 Å². The van der Waals surface area contributed by atoms with E-state index in [2.05, 4.69) is 15.9 Å². The lowest BCUT2D eigenvalue weighted by Crippen LogP contribution is -1.85. The lowest BCUT2D eigenvalue weighted by Gasteiger charge is -1.97. The van der Waals surface area contributed by atoms with Crippen LogP contribution in [-0.4, -0.2) is 0 Å². The van der Waals surface area contributed by atoms with Crippen LogP contribution in [0.5, 0.6) is 0 Å². The second-order valence-electron chi connectivity index (χ2n) is 3.99. The third kappa shape index (κ3) is 5.74. The molecule has 20 heavy (non-hydrogen) atoms. The maximum atomic E-state index is 12.6. The quantitative estimate of drug-likeness (QED) is 0.407. The van der Waals surface area contributed by atoms with Gasteiger partial charge < -0.3 is 0 Å². The molecule has 0 nitrogen and oxygen atoms in total. The zero-order valence-corrected chi connectivity index (χ0v) is 11.9. The van der Waals surface area contributed by atoms with Crippen LogP contribution in [-0.2, 0) is 0 Å². The van der Waals surface area contributed by atoms with E-state index in [0.717, 1.165) is 6.07 Å². The summed E-state index contributed by atoms with van der Waals surface area (Å²) in [5.41, 5.74) is 1.19. The molecule has 0 spiro atoms. The van der Waals surface area contributed by atoms with Crippen molar-refractivity contribution in [3.05, 3.63) is 69.2 Å². The molecular weight excluding hydrogens is 336 g/mol. The largest absolute Gasteiger partial charge is 0.207 e. The molecule has 0 amide bonds. The summed E-state index contributed by atoms with van der Waals surface area (Å²) in [5.74, 6) is -2.16. The van der Waals surface area contributed by atoms with Gasteiger partial charge >= 0.3 is 0 Å². The lowest BCUT2D eigenvalue weighted by atomic mass is 10.2. The molecule has 0 bridgehead atoms. The van der Waals surface area contributed by atoms with Crippen LogP contribution in [0.4, 0.5) is 17.6 Å². The van der Waals surface area contributed by atoms with Crippen molar-refractivity contribution in [2.75, 3.05) is 0 Å². The van der Waals surface area contributed by atoms with Gasteiger partial charge in [-0.15, -0.1) is 0 Å². The van der Waals surface area contributed by atoms with E-state index < -0.39 is 23.3 Å². The Kier molecular flexibility index (Phi) is 7.50. The number of hydrogen-bond donors (Lipinski definition) is 0. The van der Waals surface area contributed by atoms with E-state index >= 15 is 0 Å². The van der Waals surface area contributed by atoms with Gasteiger partial charge in [0.15, 0.2) is 0 Å². The van der Waals surface area contributed by atoms with Gasteiger partial charge in [-0.2, -0.15) is 0 Å². The lowest BCUT2D eigenvalue weighted by molar-refractivity contribution is 0.570. The van der Waals surface area contributed by atoms with Crippen LogP contribution in [0, 0.1) is 37.1 Å². The molecule has 0 aliphatic heterocycles. The maximum Gasteiger partial charge on any atom is 0.140 e. The minimum Gasteiger partial charge on any atom is -0.207 e. The van der Waals surface area contributed by atoms with Gasteiger partial charge in [0.1, 0.15) is 23.3 Å². The smallest absolute Gasteiger partial charge is 0.140 e. The summed E-state index contributed by atoms with van der Waals surface area (Å²) in [6, 6.07) is 5.96. The van der Waals surface area contributed by atoms with Crippen LogP contribution in [0.25, 0.3) is 0 Å². The van der Waals surface area contributed by atoms with Crippen LogP contribution in [0.15, 0.2) is 34.8 Å². The van der Waals surface area contributed by atoms with Crippen LogP contribution in [0.3, 0.4) is 0 Å². The first-order valence-corrected chi connectivity index (χ1v) is 6.12. The van der Waals surface area contributed by atoms with E-state index in [0.29, 0.717) is 11.1 Å². The van der Waals surface area contributed by atoms with Gasteiger partial charge in [-0.25, -0.2) is 17.6 Å². The van der Waals surface area contributed by atoms with Gasteiger partial charge in [-0.3, -0.25) is 0 Å². The highest BCUT2D eigenvalue weighted by Gasteiger charge is 2.04. The van der Waals surface area contributed by atoms with E-state index in [1.807, 2.05) is 0 Å². The van der Waals surface area contributed by atoms with E-state index in [1.54, 1.807) is 13.8 Å². The third-order valence-corrected chi connectivity index (χ3v) is 2.89. The summed E-state index contributed by atoms with van der Waals surface area (Å²) < 4.78 is 49.4. The van der Waals surface area contributed by atoms with Crippen LogP contribution in [0.1, 0.15) is 18.6 Å². The van der Waals surface area contributed by atoms with Gasteiger partial charge in [-0.1, -0.05) is 7.43 Å². The molecule has 0 aliphatic carbocycles. The number of rotatable bonds is 0. The Labute approximate surface area is 124 Å². The van der Waals surface area contributed by atoms with Crippen molar-refractivity contribution in [3.63, 3.8) is 0 Å². The van der Waals surface area contributed by atoms with Crippen molar-refractivity contribution >= 4 is 15.9 Å². The monoisotopic (exact) mass is 350 g/mol. The maximum absolute atomic E-state index is 12.6. The van der Waals surface area contributed by atoms with Crippen LogP contribution < -0.4 is 0 Å². The Morgan fingerprint density at radius 1 is 0.700 bits per heavy atom. The number of aryl methyl sites for hydroxylation is 2. The first-order valence-electron chi connectivity index (χ1n) is 5.33. The summed E-state index contributed by atoms with van der Waals surface area (Å²) >= 11 is 2.76. The Bertz CT molecular complexity index is 509. The molecule has 0 N–H and O–H groups in total. The average molecular weight is 351 g/mol. The third-order valence-electron chi connectivity index (χ3n) is 2.14. The number of halogens is 5. The topological polar surface area (TPSA) is 0 Å². The fourth-order valence-electron chi connectivity index (χ4n) is 1.37. The summed E-state index contributed by atoms with van der Waals surface area (Å²) in [6.07, 6.45) is 0. The predicted molar refractivity (Wildman–Crippen MR) is 76.6 cm³/mol. The van der Waals surface area contributed by atoms with Gasteiger partial charge in [0.2, 0.25) is 0 Å². The number of benzene rings is 2. The molecule has 0 saturated carbocycles. The zero-order chi connectivity index (χ0) is 14.6. The Morgan fingerprint density at radius 3 is 1.40 bits per heavy atom. The highest BCUT2D eigenvalue weighted by Crippen LogP contribution is 2.20. The zero-order valence-electron chi connectivity index (χ0n) is 10.3. The van der Waals surface area contributed by atoms with Crippen LogP contribution >= 0.6 is 15.9 Å². The van der Waals surface area contributed by atoms with Crippen molar-refractivity contribution in [2.24, 2.45) is 0 Å². The van der Waals surface area contributed by atoms with Crippen LogP contribution in [0.2, 0.25) is 0 Å². The normalized spacial score (nSPS) is 9.35. The molecule has 0 radical (unpaired) electrons. The number of hydrogen-bond acceptors (Lipinski definition) is 0. The predicted octanol–water partition coefficient (Wildman–Crippen LogP) is 5.95. The standard InChI is InChI=1S/C7H5BrF2.C7H6F2.CH4/c1-4-2-5(9)7(8)6(10)3-4;1-5-2-6(8)4-7(9)3-5;/h2-3H,1H3;2-4H,1H3;1H4. The fourth-order valence-corrected chi connectivity index (χ4v) is 1.60. The van der Waals surface area contributed by atoms with Crippen molar-refractivity contribution in [1.29, 1.82) is 0 Å². The fraction of sp³-hybridized carbons (Fsp3) is 0.200. The average Bonchev–Trinajstić information content (AvgIpc) is 2.24. The second-order valence-corrected chi connectivity index (χ2v) is 4.78. The highest BCUT2D eigenvalue weighted by atomic mass is 79.9. The van der Waals surface area contributed by atoms with Crippen molar-refractivity contribution in [1.82, 2.24) is 0 Å². The molecular formula is C15H15BrF4. The molecule has 0 unspecified atom stereocenters. The molecule has 0 aliphatic rings. The van der Waals surface area contributed by atoms with Gasteiger partial charge in [-0.05, 0) is 65.2 Å². The summed E-state index contributed by atoms with van der Waals surface area (Å²) in [6.45, 7) is 3.28. The van der Waals surface area contributed by atoms with E-state index in [-0.39, 0.29) is 11.9 Å². The van der Waals surface area contributed by atoms with Gasteiger partial charge in [0.05, 0.1) is 4.47 Å². The molecule has 0 fully saturated rings.